The van der Waals surface area contributed by atoms with Crippen molar-refractivity contribution in [2.24, 2.45) is 0 Å². The summed E-state index contributed by atoms with van der Waals surface area (Å²) in [7, 11) is 0. The fourth-order valence-electron chi connectivity index (χ4n) is 3.56. The van der Waals surface area contributed by atoms with Gasteiger partial charge in [-0.3, -0.25) is 10.1 Å². The number of nitrogens with zero attached hydrogens (tertiary/aromatic N) is 1. The monoisotopic (exact) mass is 457 g/mol. The molecule has 1 amide bonds. The number of hydrogen-bond donors (Lipinski definition) is 2. The van der Waals surface area contributed by atoms with E-state index in [9.17, 15) is 4.79 Å². The summed E-state index contributed by atoms with van der Waals surface area (Å²) in [5.41, 5.74) is 5.49. The van der Waals surface area contributed by atoms with Gasteiger partial charge < -0.3 is 9.73 Å². The average molecular weight is 458 g/mol. The molecule has 5 rings (SSSR count). The van der Waals surface area contributed by atoms with Crippen molar-refractivity contribution in [3.63, 3.8) is 0 Å². The number of nitrogens with one attached hydrogen (secondary N) is 2. The van der Waals surface area contributed by atoms with E-state index >= 15 is 0 Å². The fraction of sp³-hybridized carbons (Fsp3) is 0.0800. The van der Waals surface area contributed by atoms with Gasteiger partial charge in [-0.05, 0) is 74.1 Å². The van der Waals surface area contributed by atoms with E-state index in [1.807, 2.05) is 61.5 Å². The van der Waals surface area contributed by atoms with E-state index < -0.39 is 0 Å². The molecule has 0 saturated carbocycles. The Morgan fingerprint density at radius 1 is 1.03 bits per heavy atom. The first kappa shape index (κ1) is 20.4. The van der Waals surface area contributed by atoms with Gasteiger partial charge in [0.1, 0.15) is 10.6 Å². The van der Waals surface area contributed by atoms with E-state index in [2.05, 4.69) is 29.7 Å². The predicted octanol–water partition coefficient (Wildman–Crippen LogP) is 6.45. The summed E-state index contributed by atoms with van der Waals surface area (Å²) in [6, 6.07) is 21.6. The van der Waals surface area contributed by atoms with Gasteiger partial charge in [-0.15, -0.1) is 11.3 Å². The summed E-state index contributed by atoms with van der Waals surface area (Å²) in [6.45, 7) is 3.94. The van der Waals surface area contributed by atoms with Crippen LogP contribution in [0.15, 0.2) is 71.1 Å². The minimum Gasteiger partial charge on any atom is -0.451 e. The zero-order valence-electron chi connectivity index (χ0n) is 17.4. The van der Waals surface area contributed by atoms with E-state index in [-0.39, 0.29) is 16.8 Å². The van der Waals surface area contributed by atoms with Gasteiger partial charge in [0, 0.05) is 22.2 Å². The highest BCUT2D eigenvalue weighted by Gasteiger charge is 2.18. The van der Waals surface area contributed by atoms with Crippen LogP contribution in [0.4, 0.5) is 5.69 Å². The van der Waals surface area contributed by atoms with Crippen LogP contribution in [0, 0.1) is 13.8 Å². The Hall–Kier alpha value is -3.55. The zero-order valence-corrected chi connectivity index (χ0v) is 19.1. The Balaban J connectivity index is 1.28. The second kappa shape index (κ2) is 8.18. The number of aryl methyl sites for hydroxylation is 2. The highest BCUT2D eigenvalue weighted by molar-refractivity contribution is 7.80. The Kier molecular flexibility index (Phi) is 5.20. The van der Waals surface area contributed by atoms with Crippen LogP contribution in [0.1, 0.15) is 21.7 Å². The quantitative estimate of drug-likeness (QED) is 0.305. The largest absolute Gasteiger partial charge is 0.451 e. The number of amides is 1. The maximum absolute atomic E-state index is 12.6. The van der Waals surface area contributed by atoms with Crippen LogP contribution in [0.5, 0.6) is 0 Å². The van der Waals surface area contributed by atoms with Gasteiger partial charge in [-0.1, -0.05) is 24.3 Å². The first-order chi connectivity index (χ1) is 15.5. The van der Waals surface area contributed by atoms with Gasteiger partial charge in [-0.2, -0.15) is 0 Å². The molecule has 0 bridgehead atoms. The standard InChI is InChI=1S/C25H19N3O2S2/c1-14-7-12-19-21(13-14)32-24(27-19)16-8-10-17(11-9-16)26-25(31)28-23(29)22-15(2)18-5-3-4-6-20(18)30-22/h3-13H,1-2H3,(H2,26,28,29,31). The third-order valence-electron chi connectivity index (χ3n) is 5.21. The minimum absolute atomic E-state index is 0.207. The zero-order chi connectivity index (χ0) is 22.2. The van der Waals surface area contributed by atoms with Crippen LogP contribution in [-0.4, -0.2) is 16.0 Å². The van der Waals surface area contributed by atoms with Gasteiger partial charge >= 0.3 is 0 Å². The summed E-state index contributed by atoms with van der Waals surface area (Å²) in [5.74, 6) is -0.116. The van der Waals surface area contributed by atoms with Gasteiger partial charge in [0.2, 0.25) is 0 Å². The molecular formula is C25H19N3O2S2. The Morgan fingerprint density at radius 3 is 2.59 bits per heavy atom. The van der Waals surface area contributed by atoms with Crippen molar-refractivity contribution in [2.75, 3.05) is 5.32 Å². The third-order valence-corrected chi connectivity index (χ3v) is 6.48. The highest BCUT2D eigenvalue weighted by Crippen LogP contribution is 2.31. The number of furan rings is 1. The van der Waals surface area contributed by atoms with E-state index in [0.717, 1.165) is 32.7 Å². The van der Waals surface area contributed by atoms with Crippen LogP contribution < -0.4 is 10.6 Å². The molecule has 5 aromatic rings. The third kappa shape index (κ3) is 3.88. The van der Waals surface area contributed by atoms with E-state index in [0.29, 0.717) is 5.58 Å². The molecule has 0 aliphatic heterocycles. The van der Waals surface area contributed by atoms with Crippen LogP contribution in [-0.2, 0) is 0 Å². The molecule has 0 fully saturated rings. The summed E-state index contributed by atoms with van der Waals surface area (Å²) >= 11 is 6.99. The lowest BCUT2D eigenvalue weighted by atomic mass is 10.1. The molecule has 0 atom stereocenters. The molecule has 0 radical (unpaired) electrons. The number of anilines is 1. The number of fused-ring (bicyclic) bond motifs is 2. The molecule has 2 heterocycles. The van der Waals surface area contributed by atoms with Crippen LogP contribution in [0.2, 0.25) is 0 Å². The number of benzene rings is 3. The number of thiocarbonyl (C=S) groups is 1. The molecule has 0 unspecified atom stereocenters. The number of carbonyl (C=O) groups is 1. The smallest absolute Gasteiger partial charge is 0.293 e. The van der Waals surface area contributed by atoms with Crippen molar-refractivity contribution in [3.05, 3.63) is 83.6 Å². The maximum atomic E-state index is 12.6. The lowest BCUT2D eigenvalue weighted by molar-refractivity contribution is 0.0952. The van der Waals surface area contributed by atoms with Gasteiger partial charge in [-0.25, -0.2) is 4.98 Å². The second-order valence-corrected chi connectivity index (χ2v) is 8.97. The number of carbonyl (C=O) groups excluding carboxylic acids is 1. The molecule has 0 spiro atoms. The topological polar surface area (TPSA) is 67.2 Å². The molecule has 0 saturated heterocycles. The van der Waals surface area contributed by atoms with Gasteiger partial charge in [0.15, 0.2) is 10.9 Å². The summed E-state index contributed by atoms with van der Waals surface area (Å²) in [6.07, 6.45) is 0. The summed E-state index contributed by atoms with van der Waals surface area (Å²) in [5, 5.41) is 7.83. The second-order valence-electron chi connectivity index (χ2n) is 7.53. The maximum Gasteiger partial charge on any atom is 0.293 e. The van der Waals surface area contributed by atoms with Gasteiger partial charge in [0.05, 0.1) is 10.2 Å². The molecule has 5 nitrogen and oxygen atoms in total. The van der Waals surface area contributed by atoms with Crippen molar-refractivity contribution in [1.82, 2.24) is 10.3 Å². The van der Waals surface area contributed by atoms with Crippen LogP contribution in [0.3, 0.4) is 0 Å². The SMILES string of the molecule is Cc1ccc2nc(-c3ccc(NC(=S)NC(=O)c4oc5ccccc5c4C)cc3)sc2c1. The van der Waals surface area contributed by atoms with Crippen molar-refractivity contribution >= 4 is 61.4 Å². The van der Waals surface area contributed by atoms with Crippen molar-refractivity contribution in [2.45, 2.75) is 13.8 Å². The predicted molar refractivity (Wildman–Crippen MR) is 134 cm³/mol. The van der Waals surface area contributed by atoms with Crippen LogP contribution in [0.25, 0.3) is 31.8 Å². The molecule has 2 aromatic heterocycles. The number of hydrogen-bond acceptors (Lipinski definition) is 5. The Labute approximate surface area is 194 Å². The lowest BCUT2D eigenvalue weighted by Gasteiger charge is -2.09. The lowest BCUT2D eigenvalue weighted by Crippen LogP contribution is -2.34. The molecule has 0 aliphatic rings. The Morgan fingerprint density at radius 2 is 1.81 bits per heavy atom. The van der Waals surface area contributed by atoms with Gasteiger partial charge in [0.25, 0.3) is 5.91 Å². The molecule has 2 N–H and O–H groups in total. The molecule has 32 heavy (non-hydrogen) atoms. The fourth-order valence-corrected chi connectivity index (χ4v) is 4.84. The Bertz CT molecular complexity index is 1480. The van der Waals surface area contributed by atoms with Crippen molar-refractivity contribution < 1.29 is 9.21 Å². The minimum atomic E-state index is -0.377. The highest BCUT2D eigenvalue weighted by atomic mass is 32.1. The first-order valence-corrected chi connectivity index (χ1v) is 11.3. The number of para-hydroxylation sites is 1. The van der Waals surface area contributed by atoms with Crippen LogP contribution >= 0.6 is 23.6 Å². The van der Waals surface area contributed by atoms with E-state index in [4.69, 9.17) is 21.6 Å². The van der Waals surface area contributed by atoms with E-state index in [1.54, 1.807) is 11.3 Å². The number of rotatable bonds is 3. The molecular weight excluding hydrogens is 438 g/mol. The van der Waals surface area contributed by atoms with E-state index in [1.165, 1.54) is 10.3 Å². The molecule has 7 heteroatoms. The summed E-state index contributed by atoms with van der Waals surface area (Å²) in [4.78, 5) is 17.4. The normalized spacial score (nSPS) is 11.1. The number of thiazole rings is 1. The molecule has 158 valence electrons. The molecule has 3 aromatic carbocycles. The first-order valence-electron chi connectivity index (χ1n) is 10.1. The number of aromatic nitrogens is 1. The van der Waals surface area contributed by atoms with Crippen molar-refractivity contribution in [1.29, 1.82) is 0 Å². The summed E-state index contributed by atoms with van der Waals surface area (Å²) < 4.78 is 6.88. The van der Waals surface area contributed by atoms with Crippen molar-refractivity contribution in [3.8, 4) is 10.6 Å². The molecule has 0 aliphatic carbocycles. The average Bonchev–Trinajstić information content (AvgIpc) is 3.35.